The van der Waals surface area contributed by atoms with Gasteiger partial charge in [-0.1, -0.05) is 12.1 Å². The first kappa shape index (κ1) is 24.7. The van der Waals surface area contributed by atoms with Gasteiger partial charge >= 0.3 is 0 Å². The molecule has 0 unspecified atom stereocenters. The van der Waals surface area contributed by atoms with Gasteiger partial charge in [0.1, 0.15) is 5.75 Å². The van der Waals surface area contributed by atoms with E-state index in [1.807, 2.05) is 67.4 Å². The average Bonchev–Trinajstić information content (AvgIpc) is 3.40. The van der Waals surface area contributed by atoms with Crippen molar-refractivity contribution in [1.82, 2.24) is 20.0 Å². The Morgan fingerprint density at radius 3 is 2.40 bits per heavy atom. The van der Waals surface area contributed by atoms with Crippen LogP contribution in [0, 0.1) is 0 Å². The summed E-state index contributed by atoms with van der Waals surface area (Å²) in [4.78, 5) is 32.0. The molecule has 1 saturated heterocycles. The Morgan fingerprint density at radius 2 is 1.74 bits per heavy atom. The van der Waals surface area contributed by atoms with E-state index in [-0.39, 0.29) is 11.8 Å². The van der Waals surface area contributed by atoms with Crippen LogP contribution in [0.2, 0.25) is 0 Å². The lowest BCUT2D eigenvalue weighted by Gasteiger charge is -2.35. The van der Waals surface area contributed by atoms with E-state index in [2.05, 4.69) is 15.1 Å². The minimum absolute atomic E-state index is 0.0492. The molecule has 2 aromatic heterocycles. The third-order valence-corrected chi connectivity index (χ3v) is 7.02. The Balaban J connectivity index is 1.36. The van der Waals surface area contributed by atoms with E-state index in [0.717, 1.165) is 27.6 Å². The van der Waals surface area contributed by atoms with Gasteiger partial charge in [-0.15, -0.1) is 21.5 Å². The van der Waals surface area contributed by atoms with Crippen LogP contribution in [0.5, 0.6) is 5.75 Å². The zero-order valence-corrected chi connectivity index (χ0v) is 21.3. The second-order valence-corrected chi connectivity index (χ2v) is 9.11. The van der Waals surface area contributed by atoms with Crippen molar-refractivity contribution >= 4 is 29.0 Å². The molecule has 1 aromatic carbocycles. The first-order valence-electron chi connectivity index (χ1n) is 12.0. The predicted molar refractivity (Wildman–Crippen MR) is 138 cm³/mol. The number of aromatic nitrogens is 2. The van der Waals surface area contributed by atoms with Crippen LogP contribution in [0.3, 0.4) is 0 Å². The zero-order valence-electron chi connectivity index (χ0n) is 20.4. The second-order valence-electron chi connectivity index (χ2n) is 8.19. The molecule has 8 nitrogen and oxygen atoms in total. The average molecular weight is 494 g/mol. The molecule has 1 aliphatic heterocycles. The smallest absolute Gasteiger partial charge is 0.274 e. The maximum Gasteiger partial charge on any atom is 0.274 e. The molecule has 1 aliphatic rings. The van der Waals surface area contributed by atoms with Gasteiger partial charge in [-0.3, -0.25) is 9.59 Å². The first-order valence-corrected chi connectivity index (χ1v) is 12.9. The molecular weight excluding hydrogens is 462 g/mol. The lowest BCUT2D eigenvalue weighted by atomic mass is 10.1. The Morgan fingerprint density at radius 1 is 0.971 bits per heavy atom. The van der Waals surface area contributed by atoms with E-state index in [0.29, 0.717) is 51.6 Å². The van der Waals surface area contributed by atoms with Crippen LogP contribution in [0.25, 0.3) is 11.1 Å². The molecule has 0 spiro atoms. The summed E-state index contributed by atoms with van der Waals surface area (Å²) in [6.07, 6.45) is 0. The molecule has 3 heterocycles. The van der Waals surface area contributed by atoms with E-state index in [9.17, 15) is 9.59 Å². The molecule has 3 aromatic rings. The molecule has 9 heteroatoms. The van der Waals surface area contributed by atoms with Crippen LogP contribution < -0.4 is 9.64 Å². The normalized spacial score (nSPS) is 13.6. The van der Waals surface area contributed by atoms with Crippen LogP contribution in [0.15, 0.2) is 47.8 Å². The zero-order chi connectivity index (χ0) is 24.8. The molecule has 35 heavy (non-hydrogen) atoms. The van der Waals surface area contributed by atoms with Gasteiger partial charge in [0.25, 0.3) is 11.8 Å². The van der Waals surface area contributed by atoms with Crippen molar-refractivity contribution in [3.8, 4) is 16.9 Å². The number of carbonyl (C=O) groups excluding carboxylic acids is 2. The van der Waals surface area contributed by atoms with Crippen LogP contribution in [0.1, 0.15) is 40.9 Å². The maximum atomic E-state index is 13.1. The van der Waals surface area contributed by atoms with Crippen molar-refractivity contribution in [3.05, 3.63) is 58.4 Å². The minimum Gasteiger partial charge on any atom is -0.494 e. The van der Waals surface area contributed by atoms with E-state index < -0.39 is 0 Å². The van der Waals surface area contributed by atoms with Crippen molar-refractivity contribution < 1.29 is 14.3 Å². The monoisotopic (exact) mass is 493 g/mol. The summed E-state index contributed by atoms with van der Waals surface area (Å²) in [5.74, 6) is 1.49. The Bertz CT molecular complexity index is 1150. The molecule has 0 atom stereocenters. The van der Waals surface area contributed by atoms with E-state index in [1.165, 1.54) is 11.3 Å². The van der Waals surface area contributed by atoms with E-state index in [1.54, 1.807) is 11.0 Å². The summed E-state index contributed by atoms with van der Waals surface area (Å²) in [5, 5.41) is 10.4. The number of hydrogen-bond donors (Lipinski definition) is 0. The highest BCUT2D eigenvalue weighted by Gasteiger charge is 2.25. The van der Waals surface area contributed by atoms with Gasteiger partial charge in [0.2, 0.25) is 0 Å². The molecule has 0 saturated carbocycles. The van der Waals surface area contributed by atoms with Crippen molar-refractivity contribution in [2.45, 2.75) is 20.8 Å². The van der Waals surface area contributed by atoms with Gasteiger partial charge in [0.15, 0.2) is 11.5 Å². The van der Waals surface area contributed by atoms with Crippen molar-refractivity contribution in [2.24, 2.45) is 0 Å². The maximum absolute atomic E-state index is 13.1. The Kier molecular flexibility index (Phi) is 7.97. The highest BCUT2D eigenvalue weighted by atomic mass is 32.1. The van der Waals surface area contributed by atoms with Crippen LogP contribution >= 0.6 is 11.3 Å². The number of thiophene rings is 1. The second kappa shape index (κ2) is 11.3. The van der Waals surface area contributed by atoms with Gasteiger partial charge in [-0.2, -0.15) is 0 Å². The van der Waals surface area contributed by atoms with Crippen molar-refractivity contribution in [1.29, 1.82) is 0 Å². The van der Waals surface area contributed by atoms with Gasteiger partial charge < -0.3 is 19.4 Å². The fourth-order valence-corrected chi connectivity index (χ4v) is 4.99. The molecule has 184 valence electrons. The highest BCUT2D eigenvalue weighted by molar-refractivity contribution is 7.12. The predicted octanol–water partition coefficient (Wildman–Crippen LogP) is 4.05. The summed E-state index contributed by atoms with van der Waals surface area (Å²) in [5.41, 5.74) is 2.41. The standard InChI is InChI=1S/C26H31N5O3S/c1-4-29(5-2)25(32)22-10-11-24(28-27-22)30-12-14-31(15-13-30)26(33)23-17-20(18-35-23)19-8-7-9-21(16-19)34-6-3/h7-11,16-18H,4-6,12-15H2,1-3H3. The van der Waals surface area contributed by atoms with Crippen LogP contribution in [0.4, 0.5) is 5.82 Å². The van der Waals surface area contributed by atoms with Gasteiger partial charge in [0, 0.05) is 39.3 Å². The van der Waals surface area contributed by atoms with E-state index >= 15 is 0 Å². The largest absolute Gasteiger partial charge is 0.494 e. The topological polar surface area (TPSA) is 78.9 Å². The Hall–Kier alpha value is -3.46. The van der Waals surface area contributed by atoms with Crippen molar-refractivity contribution in [2.75, 3.05) is 50.8 Å². The number of amides is 2. The van der Waals surface area contributed by atoms with E-state index in [4.69, 9.17) is 4.74 Å². The minimum atomic E-state index is -0.107. The number of carbonyl (C=O) groups is 2. The Labute approximate surface area is 210 Å². The number of rotatable bonds is 8. The summed E-state index contributed by atoms with van der Waals surface area (Å²) in [7, 11) is 0. The molecule has 0 aliphatic carbocycles. The molecule has 2 amide bonds. The summed E-state index contributed by atoms with van der Waals surface area (Å²) in [6.45, 7) is 10.3. The SMILES string of the molecule is CCOc1cccc(-c2csc(C(=O)N3CCN(c4ccc(C(=O)N(CC)CC)nn4)CC3)c2)c1. The van der Waals surface area contributed by atoms with Gasteiger partial charge in [0.05, 0.1) is 11.5 Å². The molecule has 0 N–H and O–H groups in total. The molecule has 0 bridgehead atoms. The molecule has 4 rings (SSSR count). The first-order chi connectivity index (χ1) is 17.0. The number of hydrogen-bond acceptors (Lipinski definition) is 7. The quantitative estimate of drug-likeness (QED) is 0.471. The summed E-state index contributed by atoms with van der Waals surface area (Å²) < 4.78 is 5.60. The fraction of sp³-hybridized carbons (Fsp3) is 0.385. The number of nitrogens with zero attached hydrogens (tertiary/aromatic N) is 5. The van der Waals surface area contributed by atoms with Gasteiger partial charge in [-0.25, -0.2) is 0 Å². The van der Waals surface area contributed by atoms with Gasteiger partial charge in [-0.05, 0) is 67.6 Å². The fourth-order valence-electron chi connectivity index (χ4n) is 4.11. The molecular formula is C26H31N5O3S. The lowest BCUT2D eigenvalue weighted by molar-refractivity contribution is 0.0746. The van der Waals surface area contributed by atoms with Crippen LogP contribution in [-0.2, 0) is 0 Å². The number of benzene rings is 1. The third-order valence-electron chi connectivity index (χ3n) is 6.10. The number of ether oxygens (including phenoxy) is 1. The third kappa shape index (κ3) is 5.62. The number of piperazine rings is 1. The lowest BCUT2D eigenvalue weighted by Crippen LogP contribution is -2.49. The summed E-state index contributed by atoms with van der Waals surface area (Å²) >= 11 is 1.47. The molecule has 0 radical (unpaired) electrons. The number of anilines is 1. The van der Waals surface area contributed by atoms with Crippen molar-refractivity contribution in [3.63, 3.8) is 0 Å². The van der Waals surface area contributed by atoms with Crippen LogP contribution in [-0.4, -0.2) is 77.7 Å². The summed E-state index contributed by atoms with van der Waals surface area (Å²) in [6, 6.07) is 13.5. The molecule has 1 fully saturated rings. The highest BCUT2D eigenvalue weighted by Crippen LogP contribution is 2.29.